The van der Waals surface area contributed by atoms with Crippen LogP contribution in [0.2, 0.25) is 0 Å². The molecule has 28 heavy (non-hydrogen) atoms. The summed E-state index contributed by atoms with van der Waals surface area (Å²) >= 11 is 0. The van der Waals surface area contributed by atoms with E-state index in [0.29, 0.717) is 17.7 Å². The number of hydrogen-bond acceptors (Lipinski definition) is 4. The first-order valence-electron chi connectivity index (χ1n) is 10.1. The molecule has 0 unspecified atom stereocenters. The molecule has 2 atom stereocenters. The highest BCUT2D eigenvalue weighted by molar-refractivity contribution is 5.88. The molecule has 2 amide bonds. The molecule has 0 radical (unpaired) electrons. The largest absolute Gasteiger partial charge is 0.324 e. The highest BCUT2D eigenvalue weighted by Gasteiger charge is 2.41. The third kappa shape index (κ3) is 4.54. The Morgan fingerprint density at radius 1 is 1.11 bits per heavy atom. The lowest BCUT2D eigenvalue weighted by atomic mass is 10.0. The maximum atomic E-state index is 12.6. The van der Waals surface area contributed by atoms with Crippen LogP contribution < -0.4 is 5.32 Å². The van der Waals surface area contributed by atoms with Gasteiger partial charge in [0.1, 0.15) is 0 Å². The van der Waals surface area contributed by atoms with Gasteiger partial charge in [0.2, 0.25) is 0 Å². The van der Waals surface area contributed by atoms with Gasteiger partial charge in [-0.1, -0.05) is 30.3 Å². The van der Waals surface area contributed by atoms with Crippen LogP contribution in [0.15, 0.2) is 42.6 Å². The molecule has 2 aliphatic rings. The van der Waals surface area contributed by atoms with Gasteiger partial charge < -0.3 is 9.80 Å². The Hall–Kier alpha value is -2.38. The second-order valence-electron chi connectivity index (χ2n) is 8.30. The van der Waals surface area contributed by atoms with Crippen molar-refractivity contribution in [3.63, 3.8) is 0 Å². The van der Waals surface area contributed by atoms with E-state index >= 15 is 0 Å². The lowest BCUT2D eigenvalue weighted by molar-refractivity contribution is 0.211. The summed E-state index contributed by atoms with van der Waals surface area (Å²) in [7, 11) is 4.08. The van der Waals surface area contributed by atoms with E-state index in [9.17, 15) is 4.79 Å². The van der Waals surface area contributed by atoms with E-state index in [1.807, 2.05) is 35.9 Å². The minimum Gasteiger partial charge on any atom is -0.324 e. The highest BCUT2D eigenvalue weighted by Crippen LogP contribution is 2.32. The number of anilines is 1. The molecule has 2 saturated heterocycles. The van der Waals surface area contributed by atoms with Gasteiger partial charge in [0.25, 0.3) is 0 Å². The monoisotopic (exact) mass is 382 g/mol. The van der Waals surface area contributed by atoms with Crippen LogP contribution >= 0.6 is 0 Å². The van der Waals surface area contributed by atoms with E-state index in [1.165, 1.54) is 5.56 Å². The number of hydrogen-bond donors (Lipinski definition) is 1. The Morgan fingerprint density at radius 2 is 1.82 bits per heavy atom. The minimum absolute atomic E-state index is 0.0260. The number of rotatable bonds is 6. The van der Waals surface area contributed by atoms with Gasteiger partial charge in [0.15, 0.2) is 5.82 Å². The minimum atomic E-state index is -0.0260. The first-order valence-corrected chi connectivity index (χ1v) is 10.1. The van der Waals surface area contributed by atoms with Crippen LogP contribution in [0.4, 0.5) is 10.6 Å². The van der Waals surface area contributed by atoms with Crippen molar-refractivity contribution in [2.45, 2.75) is 13.1 Å². The topological polar surface area (TPSA) is 56.6 Å². The average Bonchev–Trinajstić information content (AvgIpc) is 3.35. The average molecular weight is 383 g/mol. The van der Waals surface area contributed by atoms with Crippen LogP contribution in [-0.4, -0.2) is 77.3 Å². The van der Waals surface area contributed by atoms with Crippen LogP contribution in [-0.2, 0) is 13.1 Å². The zero-order valence-electron chi connectivity index (χ0n) is 16.8. The van der Waals surface area contributed by atoms with Crippen molar-refractivity contribution in [1.29, 1.82) is 0 Å². The normalized spacial score (nSPS) is 22.0. The molecular formula is C21H30N6O. The molecule has 0 aliphatic carbocycles. The quantitative estimate of drug-likeness (QED) is 0.831. The van der Waals surface area contributed by atoms with E-state index < -0.39 is 0 Å². The summed E-state index contributed by atoms with van der Waals surface area (Å²) in [5.41, 5.74) is 1.36. The first kappa shape index (κ1) is 19.0. The van der Waals surface area contributed by atoms with Crippen LogP contribution in [0.1, 0.15) is 5.56 Å². The zero-order chi connectivity index (χ0) is 19.5. The van der Waals surface area contributed by atoms with Crippen LogP contribution in [0.3, 0.4) is 0 Å². The fourth-order valence-electron chi connectivity index (χ4n) is 4.27. The standard InChI is InChI=1S/C21H30N6O/c1-24(2)10-11-27-9-8-20(23-27)22-21(28)26-15-18-13-25(14-19(18)16-26)12-17-6-4-3-5-7-17/h3-9,18-19H,10-16H2,1-2H3,(H,22,23,28)/t18-,19+. The van der Waals surface area contributed by atoms with Crippen LogP contribution in [0.25, 0.3) is 0 Å². The number of likely N-dealkylation sites (N-methyl/N-ethyl adjacent to an activating group) is 1. The number of carbonyl (C=O) groups excluding carboxylic acids is 1. The van der Waals surface area contributed by atoms with Gasteiger partial charge in [-0.25, -0.2) is 4.79 Å². The van der Waals surface area contributed by atoms with Crippen molar-refractivity contribution in [2.24, 2.45) is 11.8 Å². The summed E-state index contributed by atoms with van der Waals surface area (Å²) in [6.07, 6.45) is 1.92. The second kappa shape index (κ2) is 8.32. The molecule has 0 spiro atoms. The van der Waals surface area contributed by atoms with Crippen molar-refractivity contribution >= 4 is 11.8 Å². The van der Waals surface area contributed by atoms with Crippen LogP contribution in [0, 0.1) is 11.8 Å². The number of likely N-dealkylation sites (tertiary alicyclic amines) is 2. The third-order valence-corrected chi connectivity index (χ3v) is 5.75. The highest BCUT2D eigenvalue weighted by atomic mass is 16.2. The Balaban J connectivity index is 1.25. The molecule has 7 nitrogen and oxygen atoms in total. The summed E-state index contributed by atoms with van der Waals surface area (Å²) in [5, 5.41) is 7.41. The van der Waals surface area contributed by atoms with Crippen molar-refractivity contribution < 1.29 is 4.79 Å². The molecule has 7 heteroatoms. The van der Waals surface area contributed by atoms with E-state index in [0.717, 1.165) is 45.8 Å². The number of carbonyl (C=O) groups is 1. The molecule has 0 bridgehead atoms. The van der Waals surface area contributed by atoms with Gasteiger partial charge in [0.05, 0.1) is 6.54 Å². The SMILES string of the molecule is CN(C)CCn1ccc(NC(=O)N2C[C@H]3CN(Cc4ccccc4)C[C@H]3C2)n1. The number of amides is 2. The third-order valence-electron chi connectivity index (χ3n) is 5.75. The summed E-state index contributed by atoms with van der Waals surface area (Å²) in [6, 6.07) is 12.5. The van der Waals surface area contributed by atoms with Crippen LogP contribution in [0.5, 0.6) is 0 Å². The van der Waals surface area contributed by atoms with E-state index in [4.69, 9.17) is 0 Å². The molecule has 1 N–H and O–H groups in total. The molecule has 2 aliphatic heterocycles. The van der Waals surface area contributed by atoms with Gasteiger partial charge in [0, 0.05) is 51.5 Å². The van der Waals surface area contributed by atoms with Gasteiger partial charge in [-0.2, -0.15) is 5.10 Å². The second-order valence-corrected chi connectivity index (χ2v) is 8.30. The molecule has 1 aromatic carbocycles. The molecule has 1 aromatic heterocycles. The Bertz CT molecular complexity index is 775. The van der Waals surface area contributed by atoms with Gasteiger partial charge in [-0.15, -0.1) is 0 Å². The van der Waals surface area contributed by atoms with E-state index in [1.54, 1.807) is 0 Å². The lowest BCUT2D eigenvalue weighted by Gasteiger charge is -2.21. The van der Waals surface area contributed by atoms with Crippen molar-refractivity contribution in [3.8, 4) is 0 Å². The molecule has 2 aromatic rings. The molecule has 2 fully saturated rings. The first-order chi connectivity index (χ1) is 13.6. The fraction of sp³-hybridized carbons (Fsp3) is 0.524. The van der Waals surface area contributed by atoms with Gasteiger partial charge in [-0.05, 0) is 31.5 Å². The molecule has 150 valence electrons. The summed E-state index contributed by atoms with van der Waals surface area (Å²) < 4.78 is 1.87. The molecule has 0 saturated carbocycles. The van der Waals surface area contributed by atoms with Gasteiger partial charge in [-0.3, -0.25) is 14.9 Å². The van der Waals surface area contributed by atoms with E-state index in [2.05, 4.69) is 50.5 Å². The summed E-state index contributed by atoms with van der Waals surface area (Å²) in [6.45, 7) is 6.56. The number of fused-ring (bicyclic) bond motifs is 1. The summed E-state index contributed by atoms with van der Waals surface area (Å²) in [4.78, 5) is 19.2. The van der Waals surface area contributed by atoms with Crippen molar-refractivity contribution in [1.82, 2.24) is 24.5 Å². The van der Waals surface area contributed by atoms with Gasteiger partial charge >= 0.3 is 6.03 Å². The number of aromatic nitrogens is 2. The molecule has 4 rings (SSSR count). The lowest BCUT2D eigenvalue weighted by Crippen LogP contribution is -2.36. The maximum absolute atomic E-state index is 12.6. The van der Waals surface area contributed by atoms with Crippen molar-refractivity contribution in [2.75, 3.05) is 52.1 Å². The smallest absolute Gasteiger partial charge is 0.323 e. The Labute approximate surface area is 166 Å². The fourth-order valence-corrected chi connectivity index (χ4v) is 4.27. The Morgan fingerprint density at radius 3 is 2.50 bits per heavy atom. The summed E-state index contributed by atoms with van der Waals surface area (Å²) in [5.74, 6) is 1.78. The number of nitrogens with one attached hydrogen (secondary N) is 1. The van der Waals surface area contributed by atoms with Crippen molar-refractivity contribution in [3.05, 3.63) is 48.2 Å². The van der Waals surface area contributed by atoms with E-state index in [-0.39, 0.29) is 6.03 Å². The molecular weight excluding hydrogens is 352 g/mol. The zero-order valence-corrected chi connectivity index (χ0v) is 16.8. The predicted octanol–water partition coefficient (Wildman–Crippen LogP) is 2.04. The number of nitrogens with zero attached hydrogens (tertiary/aromatic N) is 5. The Kier molecular flexibility index (Phi) is 5.64. The number of urea groups is 1. The molecule has 3 heterocycles. The predicted molar refractivity (Wildman–Crippen MR) is 110 cm³/mol. The maximum Gasteiger partial charge on any atom is 0.323 e. The number of benzene rings is 1.